The molecule has 8 heteroatoms. The van der Waals surface area contributed by atoms with Crippen molar-refractivity contribution in [3.63, 3.8) is 0 Å². The number of benzene rings is 1. The number of carbonyl (C=O) groups excluding carboxylic acids is 1. The van der Waals surface area contributed by atoms with Crippen LogP contribution in [-0.2, 0) is 11.2 Å². The zero-order valence-corrected chi connectivity index (χ0v) is 15.4. The first-order chi connectivity index (χ1) is 12.0. The summed E-state index contributed by atoms with van der Waals surface area (Å²) in [4.78, 5) is 13.9. The number of aliphatic hydroxyl groups is 1. The van der Waals surface area contributed by atoms with Crippen LogP contribution in [-0.4, -0.2) is 58.4 Å². The maximum Gasteiger partial charge on any atom is 0.239 e. The van der Waals surface area contributed by atoms with Crippen molar-refractivity contribution in [1.82, 2.24) is 20.4 Å². The number of carbonyl (C=O) groups is 1. The van der Waals surface area contributed by atoms with Crippen LogP contribution >= 0.6 is 12.4 Å². The minimum atomic E-state index is -0.436. The van der Waals surface area contributed by atoms with E-state index in [0.29, 0.717) is 25.2 Å². The van der Waals surface area contributed by atoms with Gasteiger partial charge in [0.1, 0.15) is 5.82 Å². The minimum absolute atomic E-state index is 0. The van der Waals surface area contributed by atoms with Crippen molar-refractivity contribution in [1.29, 1.82) is 0 Å². The van der Waals surface area contributed by atoms with E-state index in [2.05, 4.69) is 15.5 Å². The molecule has 1 amide bonds. The average molecular weight is 383 g/mol. The molecule has 2 heterocycles. The molecule has 1 aliphatic rings. The number of nitrogens with zero attached hydrogens (tertiary/aromatic N) is 2. The van der Waals surface area contributed by atoms with E-state index >= 15 is 0 Å². The third-order valence-electron chi connectivity index (χ3n) is 4.47. The Labute approximate surface area is 158 Å². The summed E-state index contributed by atoms with van der Waals surface area (Å²) >= 11 is 0. The Balaban J connectivity index is 0.00000243. The lowest BCUT2D eigenvalue weighted by molar-refractivity contribution is -0.131. The highest BCUT2D eigenvalue weighted by Gasteiger charge is 2.29. The Morgan fingerprint density at radius 1 is 1.42 bits per heavy atom. The van der Waals surface area contributed by atoms with Gasteiger partial charge in [0.25, 0.3) is 0 Å². The molecule has 1 saturated heterocycles. The van der Waals surface area contributed by atoms with Crippen molar-refractivity contribution < 1.29 is 14.3 Å². The van der Waals surface area contributed by atoms with Crippen LogP contribution in [0.2, 0.25) is 0 Å². The van der Waals surface area contributed by atoms with Gasteiger partial charge in [-0.1, -0.05) is 12.1 Å². The fourth-order valence-electron chi connectivity index (χ4n) is 3.07. The van der Waals surface area contributed by atoms with E-state index in [1.54, 1.807) is 18.0 Å². The fraction of sp³-hybridized carbons (Fsp3) is 0.444. The predicted octanol–water partition coefficient (Wildman–Crippen LogP) is 1.75. The topological polar surface area (TPSA) is 81.2 Å². The van der Waals surface area contributed by atoms with Gasteiger partial charge in [-0.15, -0.1) is 12.4 Å². The van der Waals surface area contributed by atoms with Gasteiger partial charge >= 0.3 is 0 Å². The standard InChI is InChI=1S/C18H23FN4O2.ClH/c1-23(18(25)17-10-15(24)11-20-17)7-3-6-14-9-16(22-21-14)12-4-2-5-13(19)8-12;/h2,4-5,8-9,15,17,20,24H,3,6-7,10-11H2,1H3,(H,21,22);1H. The summed E-state index contributed by atoms with van der Waals surface area (Å²) in [7, 11) is 1.78. The van der Waals surface area contributed by atoms with Crippen molar-refractivity contribution in [3.8, 4) is 11.3 Å². The molecule has 6 nitrogen and oxygen atoms in total. The number of aromatic nitrogens is 2. The van der Waals surface area contributed by atoms with Gasteiger partial charge in [-0.2, -0.15) is 5.10 Å². The lowest BCUT2D eigenvalue weighted by Gasteiger charge is -2.20. The van der Waals surface area contributed by atoms with E-state index in [-0.39, 0.29) is 30.2 Å². The molecule has 1 aromatic carbocycles. The quantitative estimate of drug-likeness (QED) is 0.711. The molecule has 0 radical (unpaired) electrons. The Hall–Kier alpha value is -1.96. The van der Waals surface area contributed by atoms with Crippen molar-refractivity contribution in [2.45, 2.75) is 31.4 Å². The van der Waals surface area contributed by atoms with E-state index in [1.165, 1.54) is 12.1 Å². The second-order valence-corrected chi connectivity index (χ2v) is 6.50. The van der Waals surface area contributed by atoms with Gasteiger partial charge < -0.3 is 15.3 Å². The van der Waals surface area contributed by atoms with Crippen molar-refractivity contribution in [2.24, 2.45) is 0 Å². The third-order valence-corrected chi connectivity index (χ3v) is 4.47. The van der Waals surface area contributed by atoms with Gasteiger partial charge in [0.2, 0.25) is 5.91 Å². The lowest BCUT2D eigenvalue weighted by atomic mass is 10.1. The molecule has 2 unspecified atom stereocenters. The molecule has 3 N–H and O–H groups in total. The van der Waals surface area contributed by atoms with E-state index < -0.39 is 6.10 Å². The summed E-state index contributed by atoms with van der Waals surface area (Å²) in [5, 5.41) is 19.7. The van der Waals surface area contributed by atoms with Crippen LogP contribution in [0.25, 0.3) is 11.3 Å². The number of aromatic amines is 1. The van der Waals surface area contributed by atoms with Crippen LogP contribution < -0.4 is 5.32 Å². The number of H-pyrrole nitrogens is 1. The number of rotatable bonds is 6. The van der Waals surface area contributed by atoms with Crippen molar-refractivity contribution in [2.75, 3.05) is 20.1 Å². The second kappa shape index (κ2) is 9.12. The molecule has 0 saturated carbocycles. The van der Waals surface area contributed by atoms with Crippen molar-refractivity contribution in [3.05, 3.63) is 41.8 Å². The molecule has 1 fully saturated rings. The van der Waals surface area contributed by atoms with Crippen molar-refractivity contribution >= 4 is 18.3 Å². The molecule has 1 aliphatic heterocycles. The number of amides is 1. The zero-order valence-electron chi connectivity index (χ0n) is 14.6. The third kappa shape index (κ3) is 5.03. The number of hydrogen-bond acceptors (Lipinski definition) is 4. The van der Waals surface area contributed by atoms with Gasteiger partial charge in [-0.05, 0) is 37.5 Å². The number of nitrogens with one attached hydrogen (secondary N) is 2. The van der Waals surface area contributed by atoms with E-state index in [1.807, 2.05) is 12.1 Å². The van der Waals surface area contributed by atoms with Crippen LogP contribution in [0.5, 0.6) is 0 Å². The molecule has 0 bridgehead atoms. The Morgan fingerprint density at radius 2 is 2.23 bits per heavy atom. The number of aryl methyl sites for hydroxylation is 1. The molecule has 2 aromatic rings. The summed E-state index contributed by atoms with van der Waals surface area (Å²) in [6.07, 6.45) is 1.58. The fourth-order valence-corrected chi connectivity index (χ4v) is 3.07. The molecular formula is C18H24ClFN4O2. The van der Waals surface area contributed by atoms with Crippen LogP contribution in [0.4, 0.5) is 4.39 Å². The maximum atomic E-state index is 13.3. The zero-order chi connectivity index (χ0) is 17.8. The monoisotopic (exact) mass is 382 g/mol. The summed E-state index contributed by atoms with van der Waals surface area (Å²) in [6.45, 7) is 1.10. The highest BCUT2D eigenvalue weighted by molar-refractivity contribution is 5.85. The largest absolute Gasteiger partial charge is 0.392 e. The summed E-state index contributed by atoms with van der Waals surface area (Å²) in [5.74, 6) is -0.269. The minimum Gasteiger partial charge on any atom is -0.392 e. The Morgan fingerprint density at radius 3 is 2.92 bits per heavy atom. The van der Waals surface area contributed by atoms with Gasteiger partial charge in [0, 0.05) is 31.4 Å². The number of likely N-dealkylation sites (N-methyl/N-ethyl adjacent to an activating group) is 1. The first-order valence-corrected chi connectivity index (χ1v) is 8.49. The van der Waals surface area contributed by atoms with Crippen LogP contribution in [0, 0.1) is 5.82 Å². The van der Waals surface area contributed by atoms with Crippen LogP contribution in [0.15, 0.2) is 30.3 Å². The molecular weight excluding hydrogens is 359 g/mol. The Kier molecular flexibility index (Phi) is 7.14. The first-order valence-electron chi connectivity index (χ1n) is 8.49. The van der Waals surface area contributed by atoms with Gasteiger partial charge in [-0.3, -0.25) is 9.89 Å². The second-order valence-electron chi connectivity index (χ2n) is 6.50. The average Bonchev–Trinajstić information content (AvgIpc) is 3.23. The SMILES string of the molecule is CN(CCCc1cc(-c2cccc(F)c2)n[nH]1)C(=O)C1CC(O)CN1.Cl. The molecule has 3 rings (SSSR count). The van der Waals surface area contributed by atoms with Gasteiger partial charge in [0.05, 0.1) is 17.8 Å². The van der Waals surface area contributed by atoms with Gasteiger partial charge in [-0.25, -0.2) is 4.39 Å². The molecule has 0 spiro atoms. The maximum absolute atomic E-state index is 13.3. The molecule has 142 valence electrons. The highest BCUT2D eigenvalue weighted by Crippen LogP contribution is 2.19. The smallest absolute Gasteiger partial charge is 0.239 e. The summed E-state index contributed by atoms with van der Waals surface area (Å²) < 4.78 is 13.3. The summed E-state index contributed by atoms with van der Waals surface area (Å²) in [5.41, 5.74) is 2.40. The molecule has 0 aliphatic carbocycles. The summed E-state index contributed by atoms with van der Waals surface area (Å²) in [6, 6.07) is 7.96. The Bertz CT molecular complexity index is 739. The molecule has 1 aromatic heterocycles. The normalized spacial score (nSPS) is 19.2. The highest BCUT2D eigenvalue weighted by atomic mass is 35.5. The van der Waals surface area contributed by atoms with Crippen LogP contribution in [0.1, 0.15) is 18.5 Å². The van der Waals surface area contributed by atoms with E-state index in [4.69, 9.17) is 0 Å². The van der Waals surface area contributed by atoms with Crippen LogP contribution in [0.3, 0.4) is 0 Å². The number of halogens is 2. The van der Waals surface area contributed by atoms with E-state index in [0.717, 1.165) is 24.1 Å². The van der Waals surface area contributed by atoms with E-state index in [9.17, 15) is 14.3 Å². The molecule has 2 atom stereocenters. The number of β-amino-alcohol motifs (C(OH)–C–C–N with tert-alkyl or cyclic N) is 1. The number of aliphatic hydroxyl groups excluding tert-OH is 1. The lowest BCUT2D eigenvalue weighted by Crippen LogP contribution is -2.42. The van der Waals surface area contributed by atoms with Gasteiger partial charge in [0.15, 0.2) is 0 Å². The number of hydrogen-bond donors (Lipinski definition) is 3. The predicted molar refractivity (Wildman–Crippen MR) is 99.6 cm³/mol. The molecule has 26 heavy (non-hydrogen) atoms. The first kappa shape index (κ1) is 20.4.